The number of para-hydroxylation sites is 2. The number of H-pyrrole nitrogens is 1. The van der Waals surface area contributed by atoms with Crippen molar-refractivity contribution in [1.29, 1.82) is 0 Å². The van der Waals surface area contributed by atoms with Crippen LogP contribution in [0.25, 0.3) is 10.9 Å². The fourth-order valence-electron chi connectivity index (χ4n) is 5.23. The summed E-state index contributed by atoms with van der Waals surface area (Å²) in [6, 6.07) is 16.3. The van der Waals surface area contributed by atoms with Gasteiger partial charge in [-0.25, -0.2) is 4.39 Å². The van der Waals surface area contributed by atoms with Crippen molar-refractivity contribution in [3.8, 4) is 0 Å². The molecule has 0 bridgehead atoms. The molecule has 0 amide bonds. The predicted molar refractivity (Wildman–Crippen MR) is 122 cm³/mol. The molecule has 5 rings (SSSR count). The minimum atomic E-state index is -0.108. The normalized spacial score (nSPS) is 21.4. The number of fused-ring (bicyclic) bond motifs is 1. The van der Waals surface area contributed by atoms with Crippen LogP contribution in [0.3, 0.4) is 0 Å². The first-order valence-corrected chi connectivity index (χ1v) is 11.2. The molecule has 0 saturated carbocycles. The van der Waals surface area contributed by atoms with Gasteiger partial charge < -0.3 is 9.88 Å². The molecule has 2 saturated heterocycles. The SMILES string of the molecule is Cc1c(CN2CCC[C@@H](N3CCN(c4ccccc4F)CC3)C2)[nH]c2ccccc12. The number of nitrogens with zero attached hydrogens (tertiary/aromatic N) is 3. The van der Waals surface area contributed by atoms with Crippen LogP contribution in [-0.2, 0) is 6.54 Å². The number of benzene rings is 2. The monoisotopic (exact) mass is 406 g/mol. The van der Waals surface area contributed by atoms with Gasteiger partial charge in [-0.2, -0.15) is 0 Å². The van der Waals surface area contributed by atoms with Crippen LogP contribution in [-0.4, -0.2) is 60.1 Å². The highest BCUT2D eigenvalue weighted by molar-refractivity contribution is 5.84. The molecular formula is C25H31FN4. The van der Waals surface area contributed by atoms with Crippen molar-refractivity contribution < 1.29 is 4.39 Å². The Morgan fingerprint density at radius 3 is 2.53 bits per heavy atom. The number of hydrogen-bond acceptors (Lipinski definition) is 3. The largest absolute Gasteiger partial charge is 0.367 e. The molecule has 0 spiro atoms. The van der Waals surface area contributed by atoms with E-state index in [0.717, 1.165) is 45.0 Å². The average Bonchev–Trinajstić information content (AvgIpc) is 3.10. The lowest BCUT2D eigenvalue weighted by atomic mass is 10.0. The fraction of sp³-hybridized carbons (Fsp3) is 0.440. The van der Waals surface area contributed by atoms with Crippen LogP contribution in [0.15, 0.2) is 48.5 Å². The first-order chi connectivity index (χ1) is 14.7. The number of anilines is 1. The maximum absolute atomic E-state index is 14.1. The number of aromatic amines is 1. The minimum Gasteiger partial charge on any atom is -0.367 e. The van der Waals surface area contributed by atoms with Gasteiger partial charge in [0.05, 0.1) is 5.69 Å². The lowest BCUT2D eigenvalue weighted by Crippen LogP contribution is -2.55. The van der Waals surface area contributed by atoms with E-state index >= 15 is 0 Å². The van der Waals surface area contributed by atoms with E-state index in [4.69, 9.17) is 0 Å². The zero-order chi connectivity index (χ0) is 20.5. The van der Waals surface area contributed by atoms with Crippen LogP contribution in [0, 0.1) is 12.7 Å². The van der Waals surface area contributed by atoms with Gasteiger partial charge in [0.1, 0.15) is 5.82 Å². The van der Waals surface area contributed by atoms with E-state index in [-0.39, 0.29) is 5.82 Å². The Balaban J connectivity index is 1.21. The summed E-state index contributed by atoms with van der Waals surface area (Å²) in [5.41, 5.74) is 4.71. The van der Waals surface area contributed by atoms with Crippen molar-refractivity contribution in [2.24, 2.45) is 0 Å². The van der Waals surface area contributed by atoms with Gasteiger partial charge in [-0.15, -0.1) is 0 Å². The van der Waals surface area contributed by atoms with Gasteiger partial charge in [-0.3, -0.25) is 9.80 Å². The van der Waals surface area contributed by atoms with Gasteiger partial charge in [0.25, 0.3) is 0 Å². The minimum absolute atomic E-state index is 0.108. The number of piperidine rings is 1. The molecule has 2 aliphatic rings. The highest BCUT2D eigenvalue weighted by Crippen LogP contribution is 2.26. The Kier molecular flexibility index (Phi) is 5.48. The first-order valence-electron chi connectivity index (χ1n) is 11.2. The summed E-state index contributed by atoms with van der Waals surface area (Å²) in [7, 11) is 0. The molecule has 5 heteroatoms. The van der Waals surface area contributed by atoms with E-state index in [0.29, 0.717) is 6.04 Å². The molecule has 0 radical (unpaired) electrons. The quantitative estimate of drug-likeness (QED) is 0.695. The molecule has 158 valence electrons. The van der Waals surface area contributed by atoms with Crippen LogP contribution in [0.2, 0.25) is 0 Å². The Morgan fingerprint density at radius 2 is 1.73 bits per heavy atom. The summed E-state index contributed by atoms with van der Waals surface area (Å²) in [4.78, 5) is 11.1. The third kappa shape index (κ3) is 3.84. The van der Waals surface area contributed by atoms with E-state index in [1.54, 1.807) is 12.1 Å². The summed E-state index contributed by atoms with van der Waals surface area (Å²) in [5, 5.41) is 1.34. The molecule has 4 nitrogen and oxygen atoms in total. The molecule has 2 aromatic carbocycles. The van der Waals surface area contributed by atoms with Crippen molar-refractivity contribution in [2.45, 2.75) is 32.4 Å². The summed E-state index contributed by atoms with van der Waals surface area (Å²) in [6.45, 7) is 9.34. The van der Waals surface area contributed by atoms with Crippen LogP contribution in [0.5, 0.6) is 0 Å². The number of hydrogen-bond donors (Lipinski definition) is 1. The maximum Gasteiger partial charge on any atom is 0.146 e. The predicted octanol–water partition coefficient (Wildman–Crippen LogP) is 4.40. The van der Waals surface area contributed by atoms with Gasteiger partial charge in [-0.1, -0.05) is 30.3 Å². The van der Waals surface area contributed by atoms with Crippen molar-refractivity contribution in [3.63, 3.8) is 0 Å². The van der Waals surface area contributed by atoms with Crippen molar-refractivity contribution in [1.82, 2.24) is 14.8 Å². The smallest absolute Gasteiger partial charge is 0.146 e. The van der Waals surface area contributed by atoms with Crippen LogP contribution in [0.1, 0.15) is 24.1 Å². The summed E-state index contributed by atoms with van der Waals surface area (Å²) in [6.07, 6.45) is 2.51. The molecule has 1 aromatic heterocycles. The molecule has 30 heavy (non-hydrogen) atoms. The van der Waals surface area contributed by atoms with Gasteiger partial charge in [0, 0.05) is 61.9 Å². The Morgan fingerprint density at radius 1 is 0.967 bits per heavy atom. The van der Waals surface area contributed by atoms with E-state index < -0.39 is 0 Å². The Bertz CT molecular complexity index is 1010. The number of piperazine rings is 1. The van der Waals surface area contributed by atoms with Gasteiger partial charge >= 0.3 is 0 Å². The number of nitrogens with one attached hydrogen (secondary N) is 1. The molecule has 3 heterocycles. The van der Waals surface area contributed by atoms with Crippen LogP contribution < -0.4 is 4.90 Å². The van der Waals surface area contributed by atoms with Crippen molar-refractivity contribution >= 4 is 16.6 Å². The second kappa shape index (κ2) is 8.40. The molecular weight excluding hydrogens is 375 g/mol. The molecule has 0 aliphatic carbocycles. The number of halogens is 1. The highest BCUT2D eigenvalue weighted by atomic mass is 19.1. The molecule has 1 atom stereocenters. The number of aryl methyl sites for hydroxylation is 1. The molecule has 0 unspecified atom stereocenters. The lowest BCUT2D eigenvalue weighted by molar-refractivity contribution is 0.0880. The zero-order valence-electron chi connectivity index (χ0n) is 17.8. The summed E-state index contributed by atoms with van der Waals surface area (Å²) in [5.74, 6) is -0.108. The average molecular weight is 407 g/mol. The number of aromatic nitrogens is 1. The molecule has 2 fully saturated rings. The number of likely N-dealkylation sites (tertiary alicyclic amines) is 1. The lowest BCUT2D eigenvalue weighted by Gasteiger charge is -2.44. The molecule has 2 aliphatic heterocycles. The summed E-state index contributed by atoms with van der Waals surface area (Å²) < 4.78 is 14.1. The summed E-state index contributed by atoms with van der Waals surface area (Å²) >= 11 is 0. The third-order valence-corrected chi connectivity index (χ3v) is 6.96. The number of rotatable bonds is 4. The second-order valence-corrected chi connectivity index (χ2v) is 8.78. The standard InChI is InChI=1S/C25H31FN4/c1-19-21-8-2-4-10-23(21)27-24(19)18-28-12-6-7-20(17-28)29-13-15-30(16-14-29)25-11-5-3-9-22(25)26/h2-5,8-11,20,27H,6-7,12-18H2,1H3/t20-/m1/s1. The Labute approximate surface area is 178 Å². The van der Waals surface area contributed by atoms with E-state index in [9.17, 15) is 4.39 Å². The Hall–Kier alpha value is -2.37. The van der Waals surface area contributed by atoms with E-state index in [1.807, 2.05) is 12.1 Å². The maximum atomic E-state index is 14.1. The second-order valence-electron chi connectivity index (χ2n) is 8.78. The van der Waals surface area contributed by atoms with Gasteiger partial charge in [0.2, 0.25) is 0 Å². The zero-order valence-corrected chi connectivity index (χ0v) is 17.8. The van der Waals surface area contributed by atoms with E-state index in [1.165, 1.54) is 41.5 Å². The van der Waals surface area contributed by atoms with Crippen molar-refractivity contribution in [3.05, 3.63) is 65.6 Å². The molecule has 3 aromatic rings. The van der Waals surface area contributed by atoms with Crippen LogP contribution >= 0.6 is 0 Å². The first kappa shape index (κ1) is 19.6. The highest BCUT2D eigenvalue weighted by Gasteiger charge is 2.29. The fourth-order valence-corrected chi connectivity index (χ4v) is 5.23. The van der Waals surface area contributed by atoms with E-state index in [2.05, 4.69) is 50.9 Å². The van der Waals surface area contributed by atoms with Gasteiger partial charge in [-0.05, 0) is 50.1 Å². The topological polar surface area (TPSA) is 25.5 Å². The third-order valence-electron chi connectivity index (χ3n) is 6.96. The molecule has 1 N–H and O–H groups in total. The van der Waals surface area contributed by atoms with Crippen LogP contribution in [0.4, 0.5) is 10.1 Å². The van der Waals surface area contributed by atoms with Gasteiger partial charge in [0.15, 0.2) is 0 Å². The van der Waals surface area contributed by atoms with Crippen molar-refractivity contribution in [2.75, 3.05) is 44.2 Å².